The average Bonchev–Trinajstić information content (AvgIpc) is 3.00. The molecule has 2 rings (SSSR count). The molecule has 0 atom stereocenters. The van der Waals surface area contributed by atoms with Crippen molar-refractivity contribution in [2.75, 3.05) is 26.2 Å². The van der Waals surface area contributed by atoms with Gasteiger partial charge in [-0.3, -0.25) is 9.59 Å². The first kappa shape index (κ1) is 18.3. The summed E-state index contributed by atoms with van der Waals surface area (Å²) in [7, 11) is 0. The summed E-state index contributed by atoms with van der Waals surface area (Å²) >= 11 is 3.11. The third kappa shape index (κ3) is 5.26. The highest BCUT2D eigenvalue weighted by molar-refractivity contribution is 9.10. The molecule has 0 saturated carbocycles. The largest absolute Gasteiger partial charge is 0.450 e. The first-order chi connectivity index (χ1) is 11.5. The van der Waals surface area contributed by atoms with Gasteiger partial charge in [0.25, 0.3) is 5.91 Å². The Morgan fingerprint density at radius 3 is 2.62 bits per heavy atom. The first-order valence-electron chi connectivity index (χ1n) is 7.74. The van der Waals surface area contributed by atoms with Crippen LogP contribution < -0.4 is 10.6 Å². The van der Waals surface area contributed by atoms with Crippen molar-refractivity contribution in [2.24, 2.45) is 0 Å². The van der Waals surface area contributed by atoms with E-state index in [-0.39, 0.29) is 30.3 Å². The summed E-state index contributed by atoms with van der Waals surface area (Å²) in [6.45, 7) is 3.06. The van der Waals surface area contributed by atoms with Crippen molar-refractivity contribution in [3.8, 4) is 0 Å². The van der Waals surface area contributed by atoms with Crippen LogP contribution in [0.25, 0.3) is 0 Å². The van der Waals surface area contributed by atoms with Gasteiger partial charge in [-0.15, -0.1) is 0 Å². The van der Waals surface area contributed by atoms with E-state index in [0.717, 1.165) is 0 Å². The fraction of sp³-hybridized carbons (Fsp3) is 0.533. The lowest BCUT2D eigenvalue weighted by atomic mass is 10.1. The van der Waals surface area contributed by atoms with Crippen LogP contribution in [0, 0.1) is 0 Å². The molecule has 2 heterocycles. The van der Waals surface area contributed by atoms with Crippen LogP contribution in [0.15, 0.2) is 21.2 Å². The van der Waals surface area contributed by atoms with Crippen molar-refractivity contribution in [1.82, 2.24) is 15.5 Å². The Balaban J connectivity index is 1.68. The van der Waals surface area contributed by atoms with Gasteiger partial charge in [-0.2, -0.15) is 0 Å². The third-order valence-electron chi connectivity index (χ3n) is 3.59. The minimum absolute atomic E-state index is 0.0159. The van der Waals surface area contributed by atoms with Gasteiger partial charge in [-0.05, 0) is 47.8 Å². The highest BCUT2D eigenvalue weighted by Gasteiger charge is 2.24. The molecule has 1 aliphatic heterocycles. The maximum absolute atomic E-state index is 11.9. The summed E-state index contributed by atoms with van der Waals surface area (Å²) in [4.78, 5) is 36.9. The Morgan fingerprint density at radius 1 is 1.33 bits per heavy atom. The number of carbonyl (C=O) groups is 3. The van der Waals surface area contributed by atoms with Gasteiger partial charge < -0.3 is 24.7 Å². The molecule has 9 heteroatoms. The summed E-state index contributed by atoms with van der Waals surface area (Å²) in [5.41, 5.74) is 0. The number of piperidine rings is 1. The molecule has 3 amide bonds. The number of furan rings is 1. The average molecular weight is 402 g/mol. The number of halogens is 1. The molecular formula is C15H20BrN3O5. The Morgan fingerprint density at radius 2 is 2.04 bits per heavy atom. The fourth-order valence-electron chi connectivity index (χ4n) is 2.38. The van der Waals surface area contributed by atoms with Crippen molar-refractivity contribution in [1.29, 1.82) is 0 Å². The maximum atomic E-state index is 11.9. The quantitative estimate of drug-likeness (QED) is 0.778. The molecule has 0 aliphatic carbocycles. The molecule has 2 N–H and O–H groups in total. The normalized spacial score (nSPS) is 15.0. The SMILES string of the molecule is CCOC(=O)N1CCC(NC(=O)CNC(=O)c2ccc(Br)o2)CC1. The molecule has 0 radical (unpaired) electrons. The highest BCUT2D eigenvalue weighted by atomic mass is 79.9. The van der Waals surface area contributed by atoms with Gasteiger partial charge >= 0.3 is 6.09 Å². The monoisotopic (exact) mass is 401 g/mol. The molecule has 1 aliphatic rings. The van der Waals surface area contributed by atoms with Crippen molar-refractivity contribution in [2.45, 2.75) is 25.8 Å². The van der Waals surface area contributed by atoms with Crippen LogP contribution in [0.3, 0.4) is 0 Å². The summed E-state index contributed by atoms with van der Waals surface area (Å²) < 4.78 is 10.5. The molecule has 1 aromatic rings. The topological polar surface area (TPSA) is 101 Å². The molecular weight excluding hydrogens is 382 g/mol. The Bertz CT molecular complexity index is 596. The zero-order valence-corrected chi connectivity index (χ0v) is 14.9. The van der Waals surface area contributed by atoms with Gasteiger partial charge in [0.2, 0.25) is 5.91 Å². The van der Waals surface area contributed by atoms with Crippen LogP contribution in [0.4, 0.5) is 4.79 Å². The van der Waals surface area contributed by atoms with E-state index in [2.05, 4.69) is 26.6 Å². The van der Waals surface area contributed by atoms with Gasteiger partial charge in [0.15, 0.2) is 10.4 Å². The summed E-state index contributed by atoms with van der Waals surface area (Å²) in [6.07, 6.45) is 0.993. The van der Waals surface area contributed by atoms with E-state index in [1.54, 1.807) is 17.9 Å². The number of nitrogens with zero attached hydrogens (tertiary/aromatic N) is 1. The number of carbonyl (C=O) groups excluding carboxylic acids is 3. The smallest absolute Gasteiger partial charge is 0.409 e. The van der Waals surface area contributed by atoms with Gasteiger partial charge in [0, 0.05) is 19.1 Å². The number of hydrogen-bond donors (Lipinski definition) is 2. The van der Waals surface area contributed by atoms with E-state index in [1.807, 2.05) is 0 Å². The number of nitrogens with one attached hydrogen (secondary N) is 2. The van der Waals surface area contributed by atoms with E-state index in [9.17, 15) is 14.4 Å². The molecule has 0 aromatic carbocycles. The van der Waals surface area contributed by atoms with Gasteiger partial charge in [-0.1, -0.05) is 0 Å². The van der Waals surface area contributed by atoms with Crippen LogP contribution in [0.5, 0.6) is 0 Å². The summed E-state index contributed by atoms with van der Waals surface area (Å²) in [5, 5.41) is 5.35. The van der Waals surface area contributed by atoms with Gasteiger partial charge in [0.1, 0.15) is 0 Å². The van der Waals surface area contributed by atoms with E-state index >= 15 is 0 Å². The first-order valence-corrected chi connectivity index (χ1v) is 8.53. The van der Waals surface area contributed by atoms with Crippen molar-refractivity contribution in [3.63, 3.8) is 0 Å². The second kappa shape index (κ2) is 8.72. The van der Waals surface area contributed by atoms with Gasteiger partial charge in [-0.25, -0.2) is 4.79 Å². The number of hydrogen-bond acceptors (Lipinski definition) is 5. The highest BCUT2D eigenvalue weighted by Crippen LogP contribution is 2.14. The standard InChI is InChI=1S/C15H20BrN3O5/c1-2-23-15(22)19-7-5-10(6-8-19)18-13(20)9-17-14(21)11-3-4-12(16)24-11/h3-4,10H,2,5-9H2,1H3,(H,17,21)(H,18,20). The molecule has 0 unspecified atom stereocenters. The Hall–Kier alpha value is -2.03. The minimum Gasteiger partial charge on any atom is -0.450 e. The summed E-state index contributed by atoms with van der Waals surface area (Å²) in [6, 6.07) is 3.10. The third-order valence-corrected chi connectivity index (χ3v) is 4.02. The van der Waals surface area contributed by atoms with Crippen LogP contribution in [0.2, 0.25) is 0 Å². The molecule has 8 nitrogen and oxygen atoms in total. The zero-order valence-electron chi connectivity index (χ0n) is 13.3. The predicted octanol–water partition coefficient (Wildman–Crippen LogP) is 1.51. The molecule has 132 valence electrons. The maximum Gasteiger partial charge on any atom is 0.409 e. The number of likely N-dealkylation sites (tertiary alicyclic amines) is 1. The van der Waals surface area contributed by atoms with Gasteiger partial charge in [0.05, 0.1) is 13.2 Å². The Kier molecular flexibility index (Phi) is 6.65. The number of rotatable bonds is 5. The Labute approximate surface area is 148 Å². The van der Waals surface area contributed by atoms with Crippen molar-refractivity contribution < 1.29 is 23.5 Å². The molecule has 1 aromatic heterocycles. The lowest BCUT2D eigenvalue weighted by Crippen LogP contribution is -2.48. The zero-order chi connectivity index (χ0) is 17.5. The second-order valence-electron chi connectivity index (χ2n) is 5.31. The van der Waals surface area contributed by atoms with E-state index in [0.29, 0.717) is 37.2 Å². The van der Waals surface area contributed by atoms with E-state index in [4.69, 9.17) is 9.15 Å². The van der Waals surface area contributed by atoms with Crippen LogP contribution in [-0.4, -0.2) is 55.1 Å². The lowest BCUT2D eigenvalue weighted by molar-refractivity contribution is -0.121. The van der Waals surface area contributed by atoms with Crippen molar-refractivity contribution >= 4 is 33.8 Å². The second-order valence-corrected chi connectivity index (χ2v) is 6.10. The number of amides is 3. The minimum atomic E-state index is -0.451. The molecule has 0 bridgehead atoms. The molecule has 1 saturated heterocycles. The van der Waals surface area contributed by atoms with E-state index < -0.39 is 5.91 Å². The lowest BCUT2D eigenvalue weighted by Gasteiger charge is -2.31. The van der Waals surface area contributed by atoms with Crippen LogP contribution in [0.1, 0.15) is 30.3 Å². The number of ether oxygens (including phenoxy) is 1. The molecule has 0 spiro atoms. The molecule has 24 heavy (non-hydrogen) atoms. The van der Waals surface area contributed by atoms with Crippen LogP contribution in [-0.2, 0) is 9.53 Å². The fourth-order valence-corrected chi connectivity index (χ4v) is 2.69. The molecule has 1 fully saturated rings. The van der Waals surface area contributed by atoms with E-state index in [1.165, 1.54) is 6.07 Å². The summed E-state index contributed by atoms with van der Waals surface area (Å²) in [5.74, 6) is -0.589. The van der Waals surface area contributed by atoms with Crippen LogP contribution >= 0.6 is 15.9 Å². The predicted molar refractivity (Wildman–Crippen MR) is 88.5 cm³/mol. The van der Waals surface area contributed by atoms with Crippen molar-refractivity contribution in [3.05, 3.63) is 22.6 Å².